The maximum Gasteiger partial charge on any atom is 0.308 e. The number of rotatable bonds is 14. The Balaban J connectivity index is 3.31. The number of carbonyl (C=O) groups excluding carboxylic acids is 2. The molecule has 1 aliphatic heterocycles. The van der Waals surface area contributed by atoms with Gasteiger partial charge in [-0.3, -0.25) is 14.4 Å². The molecule has 1 saturated heterocycles. The Hall–Kier alpha value is -2.40. The molecule has 0 saturated carbocycles. The Morgan fingerprint density at radius 3 is 2.00 bits per heavy atom. The van der Waals surface area contributed by atoms with E-state index < -0.39 is 30.1 Å². The number of aliphatic carboxylic acids is 1. The largest absolute Gasteiger partial charge is 0.481 e. The third-order valence-corrected chi connectivity index (χ3v) is 8.17. The van der Waals surface area contributed by atoms with Crippen LogP contribution in [0.15, 0.2) is 4.99 Å². The van der Waals surface area contributed by atoms with Crippen molar-refractivity contribution in [3.05, 3.63) is 0 Å². The Morgan fingerprint density at radius 2 is 1.57 bits per heavy atom. The zero-order valence-electron chi connectivity index (χ0n) is 26.9. The van der Waals surface area contributed by atoms with E-state index in [1.807, 2.05) is 51.8 Å². The monoisotopic (exact) mass is 569 g/mol. The molecule has 2 amide bonds. The summed E-state index contributed by atoms with van der Waals surface area (Å²) < 4.78 is 11.5. The molecule has 1 fully saturated rings. The predicted octanol–water partition coefficient (Wildman–Crippen LogP) is 2.50. The van der Waals surface area contributed by atoms with Gasteiger partial charge in [-0.15, -0.1) is 0 Å². The molecule has 1 aliphatic rings. The molecule has 0 unspecified atom stereocenters. The quantitative estimate of drug-likeness (QED) is 0.251. The highest BCUT2D eigenvalue weighted by Gasteiger charge is 2.42. The molecule has 40 heavy (non-hydrogen) atoms. The van der Waals surface area contributed by atoms with Gasteiger partial charge in [-0.1, -0.05) is 34.1 Å². The van der Waals surface area contributed by atoms with E-state index in [4.69, 9.17) is 14.5 Å². The Kier molecular flexibility index (Phi) is 14.4. The van der Waals surface area contributed by atoms with Gasteiger partial charge in [-0.25, -0.2) is 4.99 Å². The zero-order valence-corrected chi connectivity index (χ0v) is 26.9. The molecule has 1 heterocycles. The third kappa shape index (κ3) is 8.80. The molecule has 7 atom stereocenters. The van der Waals surface area contributed by atoms with Crippen molar-refractivity contribution >= 4 is 23.7 Å². The summed E-state index contributed by atoms with van der Waals surface area (Å²) in [5.74, 6) is -1.24. The van der Waals surface area contributed by atoms with E-state index in [-0.39, 0.29) is 42.2 Å². The molecule has 11 heteroatoms. The molecule has 0 radical (unpaired) electrons. The number of aliphatic imine (C=N–C) groups is 1. The fraction of sp³-hybridized carbons (Fsp3) is 0.862. The van der Waals surface area contributed by atoms with E-state index in [0.29, 0.717) is 18.9 Å². The zero-order chi connectivity index (χ0) is 30.9. The molecule has 11 nitrogen and oxygen atoms in total. The first-order chi connectivity index (χ1) is 18.6. The second-order valence-electron chi connectivity index (χ2n) is 11.8. The first-order valence-electron chi connectivity index (χ1n) is 14.4. The van der Waals surface area contributed by atoms with Gasteiger partial charge in [0.2, 0.25) is 11.8 Å². The SMILES string of the molecule is CC[C@H](C)[C@@H]([C@@H](CC(=O)N1CCC[C@H]1[C@H](OC)[C@@H](C)C(=O)O)OC)N(C)C(=O)[C@@H](N=C(N(C)C)N(C)C)C(C)C. The number of likely N-dealkylation sites (tertiary alicyclic amines) is 1. The molecule has 0 spiro atoms. The highest BCUT2D eigenvalue weighted by atomic mass is 16.5. The molecule has 0 aromatic heterocycles. The smallest absolute Gasteiger partial charge is 0.308 e. The van der Waals surface area contributed by atoms with Crippen LogP contribution in [-0.4, -0.2) is 135 Å². The summed E-state index contributed by atoms with van der Waals surface area (Å²) in [6.45, 7) is 10.2. The fourth-order valence-electron chi connectivity index (χ4n) is 5.75. The minimum absolute atomic E-state index is 0.0439. The highest BCUT2D eigenvalue weighted by Crippen LogP contribution is 2.29. The first kappa shape index (κ1) is 35.6. The van der Waals surface area contributed by atoms with Crippen LogP contribution in [0.25, 0.3) is 0 Å². The summed E-state index contributed by atoms with van der Waals surface area (Å²) in [6.07, 6.45) is 1.18. The third-order valence-electron chi connectivity index (χ3n) is 8.17. The van der Waals surface area contributed by atoms with Crippen LogP contribution in [-0.2, 0) is 23.9 Å². The van der Waals surface area contributed by atoms with Crippen molar-refractivity contribution in [3.8, 4) is 0 Å². The number of nitrogens with zero attached hydrogens (tertiary/aromatic N) is 5. The molecule has 0 bridgehead atoms. The number of amides is 2. The number of carbonyl (C=O) groups is 3. The molecular formula is C29H55N5O6. The molecule has 1 rings (SSSR count). The molecular weight excluding hydrogens is 514 g/mol. The second kappa shape index (κ2) is 16.1. The summed E-state index contributed by atoms with van der Waals surface area (Å²) in [7, 11) is 12.4. The van der Waals surface area contributed by atoms with Crippen molar-refractivity contribution < 1.29 is 29.0 Å². The van der Waals surface area contributed by atoms with Gasteiger partial charge in [0.25, 0.3) is 0 Å². The van der Waals surface area contributed by atoms with Gasteiger partial charge in [-0.05, 0) is 31.6 Å². The summed E-state index contributed by atoms with van der Waals surface area (Å²) in [4.78, 5) is 51.4. The molecule has 0 aromatic rings. The van der Waals surface area contributed by atoms with Gasteiger partial charge < -0.3 is 34.2 Å². The van der Waals surface area contributed by atoms with E-state index in [1.54, 1.807) is 30.9 Å². The van der Waals surface area contributed by atoms with Gasteiger partial charge in [0.15, 0.2) is 5.96 Å². The predicted molar refractivity (Wildman–Crippen MR) is 157 cm³/mol. The van der Waals surface area contributed by atoms with E-state index in [0.717, 1.165) is 12.8 Å². The van der Waals surface area contributed by atoms with Crippen LogP contribution in [0.1, 0.15) is 60.3 Å². The van der Waals surface area contributed by atoms with E-state index in [2.05, 4.69) is 13.8 Å². The van der Waals surface area contributed by atoms with Crippen molar-refractivity contribution in [2.24, 2.45) is 22.7 Å². The fourth-order valence-corrected chi connectivity index (χ4v) is 5.75. The number of hydrogen-bond donors (Lipinski definition) is 1. The molecule has 232 valence electrons. The topological polar surface area (TPSA) is 115 Å². The number of guanidine groups is 1. The van der Waals surface area contributed by atoms with E-state index in [1.165, 1.54) is 7.11 Å². The van der Waals surface area contributed by atoms with E-state index >= 15 is 0 Å². The van der Waals surface area contributed by atoms with Crippen molar-refractivity contribution in [1.82, 2.24) is 19.6 Å². The van der Waals surface area contributed by atoms with Crippen LogP contribution < -0.4 is 0 Å². The maximum atomic E-state index is 14.0. The second-order valence-corrected chi connectivity index (χ2v) is 11.8. The Labute approximate surface area is 241 Å². The van der Waals surface area contributed by atoms with Gasteiger partial charge in [-0.2, -0.15) is 0 Å². The van der Waals surface area contributed by atoms with Crippen LogP contribution in [0.4, 0.5) is 0 Å². The number of carboxylic acid groups (broad SMARTS) is 1. The van der Waals surface area contributed by atoms with Crippen LogP contribution in [0, 0.1) is 17.8 Å². The standard InChI is InChI=1S/C29H55N5O6/c1-13-19(4)25(33(10)27(36)24(18(2)3)30-29(31(6)7)32(8)9)22(39-11)17-23(35)34-16-14-15-21(34)26(40-12)20(5)28(37)38/h18-22,24-26H,13-17H2,1-12H3,(H,37,38)/t19-,20+,21-,22+,24-,25-,26+/m0/s1. The Morgan fingerprint density at radius 1 is 1.00 bits per heavy atom. The van der Waals surface area contributed by atoms with Crippen LogP contribution in [0.5, 0.6) is 0 Å². The van der Waals surface area contributed by atoms with Crippen molar-refractivity contribution in [3.63, 3.8) is 0 Å². The van der Waals surface area contributed by atoms with Crippen LogP contribution in [0.2, 0.25) is 0 Å². The van der Waals surface area contributed by atoms with Crippen LogP contribution >= 0.6 is 0 Å². The Bertz CT molecular complexity index is 854. The molecule has 1 N–H and O–H groups in total. The molecule has 0 aliphatic carbocycles. The van der Waals surface area contributed by atoms with Gasteiger partial charge >= 0.3 is 5.97 Å². The number of hydrogen-bond acceptors (Lipinski definition) is 6. The highest BCUT2D eigenvalue weighted by molar-refractivity contribution is 5.87. The minimum Gasteiger partial charge on any atom is -0.481 e. The lowest BCUT2D eigenvalue weighted by Gasteiger charge is -2.40. The normalized spacial score (nSPS) is 19.8. The van der Waals surface area contributed by atoms with Crippen molar-refractivity contribution in [2.45, 2.75) is 90.6 Å². The number of carboxylic acids is 1. The van der Waals surface area contributed by atoms with Crippen LogP contribution in [0.3, 0.4) is 0 Å². The number of likely N-dealkylation sites (N-methyl/N-ethyl adjacent to an activating group) is 1. The van der Waals surface area contributed by atoms with Crippen molar-refractivity contribution in [1.29, 1.82) is 0 Å². The average Bonchev–Trinajstić information content (AvgIpc) is 3.37. The van der Waals surface area contributed by atoms with Gasteiger partial charge in [0.05, 0.1) is 36.6 Å². The summed E-state index contributed by atoms with van der Waals surface area (Å²) in [6, 6.07) is -1.28. The maximum absolute atomic E-state index is 14.0. The summed E-state index contributed by atoms with van der Waals surface area (Å²) >= 11 is 0. The first-order valence-corrected chi connectivity index (χ1v) is 14.4. The van der Waals surface area contributed by atoms with Gasteiger partial charge in [0.1, 0.15) is 6.04 Å². The molecule has 0 aromatic carbocycles. The van der Waals surface area contributed by atoms with Crippen molar-refractivity contribution in [2.75, 3.05) is 56.0 Å². The lowest BCUT2D eigenvalue weighted by atomic mass is 9.89. The summed E-state index contributed by atoms with van der Waals surface area (Å²) in [5, 5.41) is 9.57. The minimum atomic E-state index is -0.952. The number of methoxy groups -OCH3 is 2. The lowest BCUT2D eigenvalue weighted by Crippen LogP contribution is -2.55. The lowest BCUT2D eigenvalue weighted by molar-refractivity contribution is -0.152. The van der Waals surface area contributed by atoms with Gasteiger partial charge in [0, 0.05) is 56.0 Å². The number of ether oxygens (including phenoxy) is 2. The average molecular weight is 570 g/mol. The van der Waals surface area contributed by atoms with E-state index in [9.17, 15) is 19.5 Å². The summed E-state index contributed by atoms with van der Waals surface area (Å²) in [5.41, 5.74) is 0.